The molecule has 1 heterocycles. The van der Waals surface area contributed by atoms with E-state index in [4.69, 9.17) is 0 Å². The number of hydrogen-bond acceptors (Lipinski definition) is 4. The number of nitrogens with zero attached hydrogens (tertiary/aromatic N) is 1. The summed E-state index contributed by atoms with van der Waals surface area (Å²) in [6.45, 7) is 0. The molecule has 9 heteroatoms. The zero-order valence-electron chi connectivity index (χ0n) is 9.13. The molecule has 1 aromatic heterocycles. The second-order valence-corrected chi connectivity index (χ2v) is 14.1. The first-order chi connectivity index (χ1) is 8.84. The van der Waals surface area contributed by atoms with Crippen LogP contribution in [0.2, 0.25) is 0 Å². The van der Waals surface area contributed by atoms with E-state index in [0.717, 1.165) is 12.5 Å². The van der Waals surface area contributed by atoms with Crippen molar-refractivity contribution in [2.45, 2.75) is 5.51 Å². The average Bonchev–Trinajstić information content (AvgIpc) is 2.82. The fourth-order valence-corrected chi connectivity index (χ4v) is 11.1. The fourth-order valence-electron chi connectivity index (χ4n) is 1.25. The van der Waals surface area contributed by atoms with Crippen molar-refractivity contribution >= 4 is 25.4 Å². The van der Waals surface area contributed by atoms with E-state index in [2.05, 4.69) is 9.68 Å². The van der Waals surface area contributed by atoms with E-state index in [-0.39, 0.29) is 7.14 Å². The molecular formula is C10H7F3INO3S. The molecule has 0 radical (unpaired) electrons. The molecule has 1 aromatic carbocycles. The Morgan fingerprint density at radius 1 is 1.11 bits per heavy atom. The number of hydrogen-bond donors (Lipinski definition) is 0. The van der Waals surface area contributed by atoms with Gasteiger partial charge in [-0.25, -0.2) is 0 Å². The third-order valence-electron chi connectivity index (χ3n) is 2.01. The summed E-state index contributed by atoms with van der Waals surface area (Å²) in [6.07, 6.45) is 1.99. The molecule has 0 N–H and O–H groups in total. The molecule has 0 unspecified atom stereocenters. The molecule has 0 saturated carbocycles. The van der Waals surface area contributed by atoms with Crippen molar-refractivity contribution < 1.29 is 26.1 Å². The minimum absolute atomic E-state index is 0.00674. The summed E-state index contributed by atoms with van der Waals surface area (Å²) in [5.74, 6) is 0. The van der Waals surface area contributed by atoms with E-state index in [1.54, 1.807) is 6.07 Å². The van der Waals surface area contributed by atoms with Gasteiger partial charge in [0.25, 0.3) is 0 Å². The van der Waals surface area contributed by atoms with Gasteiger partial charge in [-0.15, -0.1) is 0 Å². The fraction of sp³-hybridized carbons (Fsp3) is 0.100. The van der Waals surface area contributed by atoms with E-state index < -0.39 is 31.0 Å². The molecule has 0 fully saturated rings. The Morgan fingerprint density at radius 3 is 2.21 bits per heavy atom. The molecule has 0 bridgehead atoms. The monoisotopic (exact) mass is 405 g/mol. The molecule has 0 aliphatic rings. The van der Waals surface area contributed by atoms with Crippen LogP contribution in [0.1, 0.15) is 0 Å². The first kappa shape index (κ1) is 14.3. The van der Waals surface area contributed by atoms with Gasteiger partial charge in [-0.3, -0.25) is 0 Å². The van der Waals surface area contributed by atoms with Crippen molar-refractivity contribution in [2.75, 3.05) is 0 Å². The number of benzene rings is 1. The van der Waals surface area contributed by atoms with Gasteiger partial charge in [0.15, 0.2) is 0 Å². The van der Waals surface area contributed by atoms with E-state index in [1.165, 1.54) is 24.3 Å². The van der Waals surface area contributed by atoms with Gasteiger partial charge in [0.2, 0.25) is 0 Å². The quantitative estimate of drug-likeness (QED) is 0.582. The molecule has 19 heavy (non-hydrogen) atoms. The predicted molar refractivity (Wildman–Crippen MR) is 69.3 cm³/mol. The van der Waals surface area contributed by atoms with Gasteiger partial charge in [0.05, 0.1) is 0 Å². The Kier molecular flexibility index (Phi) is 3.85. The van der Waals surface area contributed by atoms with Gasteiger partial charge >= 0.3 is 112 Å². The van der Waals surface area contributed by atoms with Gasteiger partial charge in [-0.1, -0.05) is 0 Å². The summed E-state index contributed by atoms with van der Waals surface area (Å²) in [7, 11) is -5.26. The topological polar surface area (TPSA) is 60.2 Å². The van der Waals surface area contributed by atoms with Gasteiger partial charge in [-0.2, -0.15) is 0 Å². The summed E-state index contributed by atoms with van der Waals surface area (Å²) in [5.41, 5.74) is -5.29. The van der Waals surface area contributed by atoms with E-state index >= 15 is 0 Å². The second-order valence-electron chi connectivity index (χ2n) is 3.27. The Morgan fingerprint density at radius 2 is 1.74 bits per heavy atom. The molecule has 0 aliphatic carbocycles. The van der Waals surface area contributed by atoms with Crippen LogP contribution in [0.4, 0.5) is 13.2 Å². The third kappa shape index (κ3) is 2.76. The molecule has 0 aliphatic heterocycles. The Labute approximate surface area is 112 Å². The van der Waals surface area contributed by atoms with Crippen LogP contribution in [0, 0.1) is 7.14 Å². The Bertz CT molecular complexity index is 640. The molecule has 0 saturated heterocycles. The second kappa shape index (κ2) is 5.12. The van der Waals surface area contributed by atoms with Crippen molar-refractivity contribution in [1.29, 1.82) is 0 Å². The van der Waals surface area contributed by atoms with Crippen LogP contribution in [0.5, 0.6) is 0 Å². The SMILES string of the molecule is O=S(=O)(I(c1ccccc1)c1cnoc1)C(F)(F)F. The summed E-state index contributed by atoms with van der Waals surface area (Å²) >= 11 is -3.76. The van der Waals surface area contributed by atoms with Crippen LogP contribution in [-0.4, -0.2) is 19.1 Å². The van der Waals surface area contributed by atoms with Crippen LogP contribution in [0.25, 0.3) is 0 Å². The number of alkyl halides is 3. The predicted octanol–water partition coefficient (Wildman–Crippen LogP) is 3.07. The van der Waals surface area contributed by atoms with Crippen molar-refractivity contribution in [2.24, 2.45) is 0 Å². The molecule has 4 nitrogen and oxygen atoms in total. The van der Waals surface area contributed by atoms with Gasteiger partial charge in [0, 0.05) is 0 Å². The molecule has 0 atom stereocenters. The van der Waals surface area contributed by atoms with Crippen molar-refractivity contribution in [1.82, 2.24) is 5.16 Å². The van der Waals surface area contributed by atoms with Gasteiger partial charge < -0.3 is 0 Å². The van der Waals surface area contributed by atoms with Crippen molar-refractivity contribution in [3.8, 4) is 0 Å². The maximum atomic E-state index is 12.8. The number of rotatable bonds is 3. The molecule has 0 amide bonds. The molecule has 0 spiro atoms. The maximum absolute atomic E-state index is 12.8. The van der Waals surface area contributed by atoms with Crippen LogP contribution >= 0.6 is 18.4 Å². The molecule has 2 aromatic rings. The first-order valence-corrected chi connectivity index (χ1v) is 11.0. The van der Waals surface area contributed by atoms with Crippen LogP contribution in [0.15, 0.2) is 47.3 Å². The summed E-state index contributed by atoms with van der Waals surface area (Å²) in [4.78, 5) is 0. The van der Waals surface area contributed by atoms with Gasteiger partial charge in [0.1, 0.15) is 0 Å². The van der Waals surface area contributed by atoms with E-state index in [0.29, 0.717) is 0 Å². The summed E-state index contributed by atoms with van der Waals surface area (Å²) in [6, 6.07) is 7.35. The van der Waals surface area contributed by atoms with Crippen LogP contribution < -0.4 is 0 Å². The Balaban J connectivity index is 2.61. The zero-order chi connectivity index (χ0) is 14.1. The zero-order valence-corrected chi connectivity index (χ0v) is 12.1. The minimum atomic E-state index is -5.29. The first-order valence-electron chi connectivity index (χ1n) is 4.80. The van der Waals surface area contributed by atoms with Crippen LogP contribution in [-0.2, 0) is 7.01 Å². The van der Waals surface area contributed by atoms with Gasteiger partial charge in [-0.05, 0) is 0 Å². The van der Waals surface area contributed by atoms with E-state index in [9.17, 15) is 21.6 Å². The molecule has 2 rings (SSSR count). The summed E-state index contributed by atoms with van der Waals surface area (Å²) in [5, 5.41) is 3.30. The normalized spacial score (nSPS) is 13.3. The van der Waals surface area contributed by atoms with E-state index in [1.807, 2.05) is 0 Å². The Hall–Kier alpha value is -1.10. The van der Waals surface area contributed by atoms with Crippen molar-refractivity contribution in [3.63, 3.8) is 0 Å². The van der Waals surface area contributed by atoms with Crippen LogP contribution in [0.3, 0.4) is 0 Å². The standard InChI is InChI=1S/C10H7F3INO3S/c11-10(12,13)19(16,17)14(9-6-15-18-7-9)8-4-2-1-3-5-8/h1-7H. The summed E-state index contributed by atoms with van der Waals surface area (Å²) < 4.78 is 66.4. The third-order valence-corrected chi connectivity index (χ3v) is 13.9. The molecular weight excluding hydrogens is 398 g/mol. The van der Waals surface area contributed by atoms with Crippen molar-refractivity contribution in [3.05, 3.63) is 49.9 Å². The average molecular weight is 405 g/mol. The number of aromatic nitrogens is 1. The molecule has 104 valence electrons. The number of halogens is 4.